The fourth-order valence-corrected chi connectivity index (χ4v) is 3.30. The summed E-state index contributed by atoms with van der Waals surface area (Å²) in [6.07, 6.45) is 2.29. The van der Waals surface area contributed by atoms with E-state index in [0.717, 1.165) is 24.2 Å². The molecule has 4 rings (SSSR count). The van der Waals surface area contributed by atoms with Crippen LogP contribution in [0.25, 0.3) is 11.0 Å². The van der Waals surface area contributed by atoms with E-state index in [-0.39, 0.29) is 11.7 Å². The molecule has 1 saturated heterocycles. The third-order valence-corrected chi connectivity index (χ3v) is 4.67. The standard InChI is InChI=1S/C19H19FN6O/c20-14-4-2-13(3-5-14)19(27)26-9-1-8-25(10-11-26)18-15-6-7-16(21)24-17(15)22-12-23-18/h2-7,12H,1,8-11H2,(H2,21,22,23,24). The molecule has 1 aliphatic heterocycles. The lowest BCUT2D eigenvalue weighted by Gasteiger charge is -2.23. The maximum absolute atomic E-state index is 13.1. The molecule has 0 bridgehead atoms. The van der Waals surface area contributed by atoms with Gasteiger partial charge in [0.1, 0.15) is 23.8 Å². The highest BCUT2D eigenvalue weighted by molar-refractivity contribution is 5.94. The van der Waals surface area contributed by atoms with Crippen LogP contribution in [0.4, 0.5) is 16.0 Å². The minimum Gasteiger partial charge on any atom is -0.384 e. The van der Waals surface area contributed by atoms with Crippen LogP contribution in [0.2, 0.25) is 0 Å². The Labute approximate surface area is 155 Å². The van der Waals surface area contributed by atoms with Gasteiger partial charge in [0.25, 0.3) is 5.91 Å². The number of rotatable bonds is 2. The van der Waals surface area contributed by atoms with Crippen molar-refractivity contribution in [2.24, 2.45) is 0 Å². The summed E-state index contributed by atoms with van der Waals surface area (Å²) in [6.45, 7) is 2.61. The first-order valence-corrected chi connectivity index (χ1v) is 8.79. The van der Waals surface area contributed by atoms with Gasteiger partial charge < -0.3 is 15.5 Å². The second-order valence-electron chi connectivity index (χ2n) is 6.44. The fourth-order valence-electron chi connectivity index (χ4n) is 3.30. The number of nitrogens with two attached hydrogens (primary N) is 1. The molecule has 0 radical (unpaired) electrons. The Morgan fingerprint density at radius 3 is 2.63 bits per heavy atom. The molecule has 7 nitrogen and oxygen atoms in total. The van der Waals surface area contributed by atoms with E-state index in [1.807, 2.05) is 6.07 Å². The van der Waals surface area contributed by atoms with E-state index in [1.165, 1.54) is 30.6 Å². The van der Waals surface area contributed by atoms with Crippen molar-refractivity contribution in [2.75, 3.05) is 36.8 Å². The van der Waals surface area contributed by atoms with Gasteiger partial charge in [-0.2, -0.15) is 0 Å². The summed E-state index contributed by atoms with van der Waals surface area (Å²) in [5.74, 6) is 0.778. The summed E-state index contributed by atoms with van der Waals surface area (Å²) in [7, 11) is 0. The normalized spacial score (nSPS) is 15.0. The number of benzene rings is 1. The highest BCUT2D eigenvalue weighted by atomic mass is 19.1. The monoisotopic (exact) mass is 366 g/mol. The van der Waals surface area contributed by atoms with Crippen LogP contribution in [-0.2, 0) is 0 Å². The molecular weight excluding hydrogens is 347 g/mol. The molecule has 0 spiro atoms. The summed E-state index contributed by atoms with van der Waals surface area (Å²) >= 11 is 0. The van der Waals surface area contributed by atoms with E-state index in [4.69, 9.17) is 5.73 Å². The molecule has 1 aromatic carbocycles. The summed E-state index contributed by atoms with van der Waals surface area (Å²) in [5.41, 5.74) is 6.80. The first-order valence-electron chi connectivity index (χ1n) is 8.79. The van der Waals surface area contributed by atoms with Gasteiger partial charge in [-0.3, -0.25) is 4.79 Å². The van der Waals surface area contributed by atoms with E-state index in [2.05, 4.69) is 19.9 Å². The van der Waals surface area contributed by atoms with Gasteiger partial charge in [-0.25, -0.2) is 19.3 Å². The number of amides is 1. The average molecular weight is 366 g/mol. The number of hydrogen-bond donors (Lipinski definition) is 1. The first kappa shape index (κ1) is 17.1. The topological polar surface area (TPSA) is 88.2 Å². The number of nitrogens with zero attached hydrogens (tertiary/aromatic N) is 5. The molecule has 3 heterocycles. The highest BCUT2D eigenvalue weighted by Gasteiger charge is 2.22. The van der Waals surface area contributed by atoms with Crippen molar-refractivity contribution < 1.29 is 9.18 Å². The number of nitrogen functional groups attached to an aromatic ring is 1. The summed E-state index contributed by atoms with van der Waals surface area (Å²) in [4.78, 5) is 29.5. The Kier molecular flexibility index (Phi) is 4.53. The maximum atomic E-state index is 13.1. The molecule has 0 aliphatic carbocycles. The Hall–Kier alpha value is -3.29. The molecule has 138 valence electrons. The number of pyridine rings is 1. The largest absolute Gasteiger partial charge is 0.384 e. The number of halogens is 1. The van der Waals surface area contributed by atoms with E-state index >= 15 is 0 Å². The van der Waals surface area contributed by atoms with Crippen LogP contribution in [0.3, 0.4) is 0 Å². The van der Waals surface area contributed by atoms with Crippen molar-refractivity contribution in [3.63, 3.8) is 0 Å². The van der Waals surface area contributed by atoms with E-state index < -0.39 is 0 Å². The fraction of sp³-hybridized carbons (Fsp3) is 0.263. The Balaban J connectivity index is 1.54. The minimum absolute atomic E-state index is 0.0844. The molecular formula is C19H19FN6O. The van der Waals surface area contributed by atoms with Gasteiger partial charge in [0.05, 0.1) is 5.39 Å². The highest BCUT2D eigenvalue weighted by Crippen LogP contribution is 2.24. The molecule has 0 atom stereocenters. The number of anilines is 2. The van der Waals surface area contributed by atoms with Crippen LogP contribution in [-0.4, -0.2) is 51.9 Å². The number of carbonyl (C=O) groups excluding carboxylic acids is 1. The first-order chi connectivity index (χ1) is 13.1. The van der Waals surface area contributed by atoms with Crippen LogP contribution in [0.15, 0.2) is 42.7 Å². The summed E-state index contributed by atoms with van der Waals surface area (Å²) in [5, 5.41) is 0.838. The minimum atomic E-state index is -0.349. The number of hydrogen-bond acceptors (Lipinski definition) is 6. The molecule has 0 unspecified atom stereocenters. The van der Waals surface area contributed by atoms with Gasteiger partial charge in [-0.15, -0.1) is 0 Å². The Morgan fingerprint density at radius 1 is 1.00 bits per heavy atom. The lowest BCUT2D eigenvalue weighted by atomic mass is 10.2. The van der Waals surface area contributed by atoms with Crippen molar-refractivity contribution in [2.45, 2.75) is 6.42 Å². The number of carbonyl (C=O) groups is 1. The van der Waals surface area contributed by atoms with Gasteiger partial charge in [0.2, 0.25) is 0 Å². The molecule has 27 heavy (non-hydrogen) atoms. The van der Waals surface area contributed by atoms with E-state index in [1.54, 1.807) is 11.0 Å². The number of fused-ring (bicyclic) bond motifs is 1. The van der Waals surface area contributed by atoms with Gasteiger partial charge >= 0.3 is 0 Å². The zero-order valence-electron chi connectivity index (χ0n) is 14.7. The van der Waals surface area contributed by atoms with E-state index in [9.17, 15) is 9.18 Å². The van der Waals surface area contributed by atoms with Crippen LogP contribution in [0, 0.1) is 5.82 Å². The third-order valence-electron chi connectivity index (χ3n) is 4.67. The third kappa shape index (κ3) is 3.51. The van der Waals surface area contributed by atoms with Crippen LogP contribution in [0.5, 0.6) is 0 Å². The van der Waals surface area contributed by atoms with Gasteiger partial charge in [0, 0.05) is 31.7 Å². The quantitative estimate of drug-likeness (QED) is 0.747. The second kappa shape index (κ2) is 7.14. The van der Waals surface area contributed by atoms with Gasteiger partial charge in [-0.05, 0) is 42.8 Å². The zero-order chi connectivity index (χ0) is 18.8. The SMILES string of the molecule is Nc1ccc2c(N3CCCN(C(=O)c4ccc(F)cc4)CC3)ncnc2n1. The molecule has 8 heteroatoms. The summed E-state index contributed by atoms with van der Waals surface area (Å²) in [6, 6.07) is 9.27. The van der Waals surface area contributed by atoms with E-state index in [0.29, 0.717) is 36.7 Å². The van der Waals surface area contributed by atoms with Gasteiger partial charge in [-0.1, -0.05) is 0 Å². The van der Waals surface area contributed by atoms with Crippen molar-refractivity contribution in [1.29, 1.82) is 0 Å². The summed E-state index contributed by atoms with van der Waals surface area (Å²) < 4.78 is 13.1. The molecule has 1 amide bonds. The predicted octanol–water partition coefficient (Wildman–Crippen LogP) is 2.10. The van der Waals surface area contributed by atoms with Crippen LogP contribution < -0.4 is 10.6 Å². The Bertz CT molecular complexity index is 978. The lowest BCUT2D eigenvalue weighted by Crippen LogP contribution is -2.35. The molecule has 0 saturated carbocycles. The number of aromatic nitrogens is 3. The molecule has 2 N–H and O–H groups in total. The molecule has 1 aliphatic rings. The van der Waals surface area contributed by atoms with Crippen molar-refractivity contribution in [3.05, 3.63) is 54.1 Å². The molecule has 2 aromatic heterocycles. The lowest BCUT2D eigenvalue weighted by molar-refractivity contribution is 0.0767. The van der Waals surface area contributed by atoms with Crippen LogP contribution in [0.1, 0.15) is 16.8 Å². The zero-order valence-corrected chi connectivity index (χ0v) is 14.7. The second-order valence-corrected chi connectivity index (χ2v) is 6.44. The molecule has 1 fully saturated rings. The van der Waals surface area contributed by atoms with Gasteiger partial charge in [0.15, 0.2) is 5.65 Å². The van der Waals surface area contributed by atoms with Crippen molar-refractivity contribution >= 4 is 28.6 Å². The van der Waals surface area contributed by atoms with Crippen LogP contribution >= 0.6 is 0 Å². The van der Waals surface area contributed by atoms with Crippen molar-refractivity contribution in [3.8, 4) is 0 Å². The smallest absolute Gasteiger partial charge is 0.253 e. The maximum Gasteiger partial charge on any atom is 0.253 e. The average Bonchev–Trinajstić information content (AvgIpc) is 2.93. The predicted molar refractivity (Wildman–Crippen MR) is 101 cm³/mol. The Morgan fingerprint density at radius 2 is 1.81 bits per heavy atom. The van der Waals surface area contributed by atoms with Crippen molar-refractivity contribution in [1.82, 2.24) is 19.9 Å². The molecule has 3 aromatic rings.